The van der Waals surface area contributed by atoms with E-state index < -0.39 is 0 Å². The number of anilines is 1. The van der Waals surface area contributed by atoms with E-state index in [0.717, 1.165) is 18.0 Å². The predicted octanol–water partition coefficient (Wildman–Crippen LogP) is 4.50. The van der Waals surface area contributed by atoms with Gasteiger partial charge in [0, 0.05) is 18.3 Å². The summed E-state index contributed by atoms with van der Waals surface area (Å²) in [5.41, 5.74) is 4.64. The van der Waals surface area contributed by atoms with Gasteiger partial charge in [0.1, 0.15) is 0 Å². The molecule has 0 fully saturated rings. The quantitative estimate of drug-likeness (QED) is 0.693. The Morgan fingerprint density at radius 3 is 2.27 bits per heavy atom. The van der Waals surface area contributed by atoms with Crippen LogP contribution in [0.4, 0.5) is 5.69 Å². The van der Waals surface area contributed by atoms with Crippen LogP contribution < -0.4 is 4.90 Å². The van der Waals surface area contributed by atoms with Crippen molar-refractivity contribution in [3.63, 3.8) is 0 Å². The van der Waals surface area contributed by atoms with Crippen molar-refractivity contribution < 1.29 is 4.52 Å². The van der Waals surface area contributed by atoms with Crippen molar-refractivity contribution in [3.05, 3.63) is 83.2 Å². The van der Waals surface area contributed by atoms with Crippen LogP contribution in [0.5, 0.6) is 0 Å². The van der Waals surface area contributed by atoms with Gasteiger partial charge in [-0.1, -0.05) is 53.2 Å². The second-order valence-electron chi connectivity index (χ2n) is 5.61. The highest BCUT2D eigenvalue weighted by Crippen LogP contribution is 2.21. The molecular formula is C19H20N2O. The maximum absolute atomic E-state index is 5.39. The first-order chi connectivity index (χ1) is 10.7. The Morgan fingerprint density at radius 2 is 1.64 bits per heavy atom. The summed E-state index contributed by atoms with van der Waals surface area (Å²) in [4.78, 5) is 2.30. The smallest absolute Gasteiger partial charge is 0.156 e. The molecule has 3 rings (SSSR count). The standard InChI is InChI=1S/C19H20N2O/c1-15-8-10-18(11-9-15)21(13-17-6-4-3-5-7-17)14-19-12-16(2)20-22-19/h3-12H,13-14H2,1-2H3. The molecule has 0 unspecified atom stereocenters. The number of hydrogen-bond acceptors (Lipinski definition) is 3. The lowest BCUT2D eigenvalue weighted by molar-refractivity contribution is 0.377. The number of aryl methyl sites for hydroxylation is 2. The minimum atomic E-state index is 0.707. The average molecular weight is 292 g/mol. The molecule has 3 nitrogen and oxygen atoms in total. The highest BCUT2D eigenvalue weighted by molar-refractivity contribution is 5.48. The molecule has 0 saturated carbocycles. The lowest BCUT2D eigenvalue weighted by Gasteiger charge is -2.24. The van der Waals surface area contributed by atoms with Crippen molar-refractivity contribution >= 4 is 5.69 Å². The molecule has 0 spiro atoms. The molecule has 3 heteroatoms. The number of hydrogen-bond donors (Lipinski definition) is 0. The van der Waals surface area contributed by atoms with E-state index in [-0.39, 0.29) is 0 Å². The number of rotatable bonds is 5. The van der Waals surface area contributed by atoms with Gasteiger partial charge in [0.05, 0.1) is 12.2 Å². The van der Waals surface area contributed by atoms with Crippen LogP contribution in [-0.2, 0) is 13.1 Å². The van der Waals surface area contributed by atoms with Gasteiger partial charge in [-0.15, -0.1) is 0 Å². The van der Waals surface area contributed by atoms with Crippen molar-refractivity contribution in [1.82, 2.24) is 5.16 Å². The Hall–Kier alpha value is -2.55. The van der Waals surface area contributed by atoms with Gasteiger partial charge in [0.25, 0.3) is 0 Å². The molecule has 0 bridgehead atoms. The molecule has 0 aliphatic heterocycles. The molecule has 0 aliphatic carbocycles. The van der Waals surface area contributed by atoms with Gasteiger partial charge < -0.3 is 9.42 Å². The summed E-state index contributed by atoms with van der Waals surface area (Å²) in [5.74, 6) is 0.883. The predicted molar refractivity (Wildman–Crippen MR) is 88.7 cm³/mol. The van der Waals surface area contributed by atoms with E-state index in [4.69, 9.17) is 4.52 Å². The van der Waals surface area contributed by atoms with Gasteiger partial charge in [0.15, 0.2) is 5.76 Å². The third-order valence-corrected chi connectivity index (χ3v) is 3.64. The van der Waals surface area contributed by atoms with Crippen LogP contribution in [0.3, 0.4) is 0 Å². The normalized spacial score (nSPS) is 10.6. The summed E-state index contributed by atoms with van der Waals surface area (Å²) in [6, 6.07) is 21.1. The van der Waals surface area contributed by atoms with Crippen LogP contribution in [0, 0.1) is 13.8 Å². The van der Waals surface area contributed by atoms with Crippen molar-refractivity contribution in [3.8, 4) is 0 Å². The van der Waals surface area contributed by atoms with Crippen molar-refractivity contribution in [1.29, 1.82) is 0 Å². The van der Waals surface area contributed by atoms with E-state index in [0.29, 0.717) is 6.54 Å². The van der Waals surface area contributed by atoms with Gasteiger partial charge in [-0.2, -0.15) is 0 Å². The van der Waals surface area contributed by atoms with Crippen LogP contribution in [0.2, 0.25) is 0 Å². The molecule has 0 saturated heterocycles. The number of nitrogens with zero attached hydrogens (tertiary/aromatic N) is 2. The van der Waals surface area contributed by atoms with Gasteiger partial charge >= 0.3 is 0 Å². The largest absolute Gasteiger partial charge is 0.360 e. The molecule has 0 N–H and O–H groups in total. The van der Waals surface area contributed by atoms with Gasteiger partial charge in [-0.05, 0) is 31.5 Å². The van der Waals surface area contributed by atoms with Crippen molar-refractivity contribution in [2.75, 3.05) is 4.90 Å². The third-order valence-electron chi connectivity index (χ3n) is 3.64. The lowest BCUT2D eigenvalue weighted by Crippen LogP contribution is -2.21. The zero-order valence-corrected chi connectivity index (χ0v) is 13.0. The maximum atomic E-state index is 5.39. The summed E-state index contributed by atoms with van der Waals surface area (Å²) >= 11 is 0. The molecule has 0 aliphatic rings. The average Bonchev–Trinajstić information content (AvgIpc) is 2.94. The summed E-state index contributed by atoms with van der Waals surface area (Å²) in [5, 5.41) is 3.98. The zero-order valence-electron chi connectivity index (χ0n) is 13.0. The molecule has 1 aromatic heterocycles. The van der Waals surface area contributed by atoms with Gasteiger partial charge in [0.2, 0.25) is 0 Å². The second kappa shape index (κ2) is 6.48. The van der Waals surface area contributed by atoms with Crippen molar-refractivity contribution in [2.24, 2.45) is 0 Å². The molecule has 0 atom stereocenters. The van der Waals surface area contributed by atoms with Gasteiger partial charge in [-0.25, -0.2) is 0 Å². The van der Waals surface area contributed by atoms with Crippen LogP contribution >= 0.6 is 0 Å². The molecule has 1 heterocycles. The van der Waals surface area contributed by atoms with E-state index in [1.54, 1.807) is 0 Å². The first kappa shape index (κ1) is 14.4. The van der Waals surface area contributed by atoms with Crippen LogP contribution in [0.25, 0.3) is 0 Å². The van der Waals surface area contributed by atoms with Gasteiger partial charge in [-0.3, -0.25) is 0 Å². The Bertz CT molecular complexity index is 717. The molecule has 0 radical (unpaired) electrons. The highest BCUT2D eigenvalue weighted by Gasteiger charge is 2.11. The maximum Gasteiger partial charge on any atom is 0.156 e. The summed E-state index contributed by atoms with van der Waals surface area (Å²) in [7, 11) is 0. The fraction of sp³-hybridized carbons (Fsp3) is 0.211. The highest BCUT2D eigenvalue weighted by atomic mass is 16.5. The third kappa shape index (κ3) is 3.55. The first-order valence-corrected chi connectivity index (χ1v) is 7.48. The lowest BCUT2D eigenvalue weighted by atomic mass is 10.1. The van der Waals surface area contributed by atoms with E-state index in [2.05, 4.69) is 65.5 Å². The fourth-order valence-corrected chi connectivity index (χ4v) is 2.48. The summed E-state index contributed by atoms with van der Waals surface area (Å²) in [6.07, 6.45) is 0. The Balaban J connectivity index is 1.85. The number of aromatic nitrogens is 1. The van der Waals surface area contributed by atoms with E-state index in [1.807, 2.05) is 19.1 Å². The number of benzene rings is 2. The van der Waals surface area contributed by atoms with Crippen molar-refractivity contribution in [2.45, 2.75) is 26.9 Å². The van der Waals surface area contributed by atoms with Crippen LogP contribution in [-0.4, -0.2) is 5.16 Å². The zero-order chi connectivity index (χ0) is 15.4. The van der Waals surface area contributed by atoms with E-state index in [1.165, 1.54) is 16.8 Å². The van der Waals surface area contributed by atoms with Crippen LogP contribution in [0.15, 0.2) is 65.2 Å². The first-order valence-electron chi connectivity index (χ1n) is 7.48. The minimum Gasteiger partial charge on any atom is -0.360 e. The molecule has 0 amide bonds. The van der Waals surface area contributed by atoms with E-state index in [9.17, 15) is 0 Å². The Morgan fingerprint density at radius 1 is 0.909 bits per heavy atom. The summed E-state index contributed by atoms with van der Waals surface area (Å²) in [6.45, 7) is 5.59. The van der Waals surface area contributed by atoms with Crippen LogP contribution in [0.1, 0.15) is 22.6 Å². The van der Waals surface area contributed by atoms with E-state index >= 15 is 0 Å². The fourth-order valence-electron chi connectivity index (χ4n) is 2.48. The summed E-state index contributed by atoms with van der Waals surface area (Å²) < 4.78 is 5.39. The second-order valence-corrected chi connectivity index (χ2v) is 5.61. The molecular weight excluding hydrogens is 272 g/mol. The monoisotopic (exact) mass is 292 g/mol. The molecule has 22 heavy (non-hydrogen) atoms. The topological polar surface area (TPSA) is 29.3 Å². The SMILES string of the molecule is Cc1ccc(N(Cc2ccccc2)Cc2cc(C)no2)cc1. The molecule has 2 aromatic carbocycles. The molecule has 112 valence electrons. The minimum absolute atomic E-state index is 0.707. The Labute approximate surface area is 131 Å². The Kier molecular flexibility index (Phi) is 4.24. The molecule has 3 aromatic rings.